The summed E-state index contributed by atoms with van der Waals surface area (Å²) < 4.78 is 6.99. The molecule has 3 rings (SSSR count). The number of rotatable bonds is 4. The van der Waals surface area contributed by atoms with Crippen molar-refractivity contribution in [3.8, 4) is 0 Å². The number of imidazole rings is 1. The van der Waals surface area contributed by atoms with E-state index in [1.807, 2.05) is 0 Å². The van der Waals surface area contributed by atoms with E-state index in [1.165, 1.54) is 17.2 Å². The van der Waals surface area contributed by atoms with Gasteiger partial charge in [0.05, 0.1) is 19.5 Å². The Morgan fingerprint density at radius 1 is 1.43 bits per heavy atom. The molecule has 3 heterocycles. The lowest BCUT2D eigenvalue weighted by atomic mass is 9.96. The number of hydrogen-bond donors (Lipinski definition) is 4. The monoisotopic (exact) mass is 322 g/mol. The molecule has 0 unspecified atom stereocenters. The highest BCUT2D eigenvalue weighted by molar-refractivity contribution is 5.81. The number of aliphatic hydroxyl groups is 3. The van der Waals surface area contributed by atoms with E-state index in [0.29, 0.717) is 11.2 Å². The highest BCUT2D eigenvalue weighted by atomic mass is 16.6. The molecule has 1 aliphatic heterocycles. The Labute approximate surface area is 128 Å². The second kappa shape index (κ2) is 5.61. The summed E-state index contributed by atoms with van der Waals surface area (Å²) in [6, 6.07) is 0. The first-order chi connectivity index (χ1) is 11.0. The number of nitrogens with two attached hydrogens (primary N) is 1. The molecule has 5 N–H and O–H groups in total. The number of hydrogen-bond acceptors (Lipinski definition) is 9. The van der Waals surface area contributed by atoms with Crippen LogP contribution in [0.3, 0.4) is 0 Å². The Morgan fingerprint density at radius 3 is 2.91 bits per heavy atom. The minimum absolute atomic E-state index is 0.157. The molecule has 0 saturated carbocycles. The maximum atomic E-state index is 10.3. The van der Waals surface area contributed by atoms with Gasteiger partial charge in [0.1, 0.15) is 29.7 Å². The quantitative estimate of drug-likeness (QED) is 0.303. The van der Waals surface area contributed by atoms with Crippen LogP contribution in [0.4, 0.5) is 5.82 Å². The maximum Gasteiger partial charge on any atom is 0.167 e. The van der Waals surface area contributed by atoms with E-state index in [4.69, 9.17) is 16.0 Å². The van der Waals surface area contributed by atoms with Crippen LogP contribution >= 0.6 is 0 Å². The van der Waals surface area contributed by atoms with Crippen LogP contribution in [-0.4, -0.2) is 65.8 Å². The van der Waals surface area contributed by atoms with Crippen molar-refractivity contribution < 1.29 is 20.1 Å². The van der Waals surface area contributed by atoms with Crippen LogP contribution in [0, 0.1) is 0 Å². The van der Waals surface area contributed by atoms with E-state index in [-0.39, 0.29) is 12.4 Å². The fraction of sp³-hybridized carbons (Fsp3) is 0.545. The molecule has 12 heteroatoms. The summed E-state index contributed by atoms with van der Waals surface area (Å²) >= 11 is 0. The Hall–Kier alpha value is -2.50. The SMILES string of the molecule is [N-]=[N+]=NC[C@]1(CO)O[C@@H](n2cnc3c(N)ncnc32)[C@H](O)[C@@H]1O. The highest BCUT2D eigenvalue weighted by Gasteiger charge is 2.54. The van der Waals surface area contributed by atoms with Gasteiger partial charge < -0.3 is 25.8 Å². The number of fused-ring (bicyclic) bond motifs is 1. The molecule has 1 saturated heterocycles. The van der Waals surface area contributed by atoms with Crippen molar-refractivity contribution in [2.75, 3.05) is 18.9 Å². The van der Waals surface area contributed by atoms with Crippen molar-refractivity contribution in [1.29, 1.82) is 0 Å². The number of anilines is 1. The van der Waals surface area contributed by atoms with Crippen molar-refractivity contribution in [2.45, 2.75) is 24.0 Å². The van der Waals surface area contributed by atoms with E-state index in [0.717, 1.165) is 0 Å². The lowest BCUT2D eigenvalue weighted by Gasteiger charge is -2.27. The van der Waals surface area contributed by atoms with Gasteiger partial charge >= 0.3 is 0 Å². The molecular weight excluding hydrogens is 308 g/mol. The summed E-state index contributed by atoms with van der Waals surface area (Å²) in [5, 5.41) is 33.4. The molecule has 122 valence electrons. The zero-order chi connectivity index (χ0) is 16.6. The van der Waals surface area contributed by atoms with Gasteiger partial charge in [-0.1, -0.05) is 5.11 Å². The molecule has 1 aliphatic rings. The van der Waals surface area contributed by atoms with Crippen molar-refractivity contribution in [1.82, 2.24) is 19.5 Å². The summed E-state index contributed by atoms with van der Waals surface area (Å²) in [6.45, 7) is -0.997. The van der Waals surface area contributed by atoms with Crippen molar-refractivity contribution >= 4 is 17.0 Å². The largest absolute Gasteiger partial charge is 0.393 e. The molecule has 0 spiro atoms. The molecule has 23 heavy (non-hydrogen) atoms. The molecule has 0 bridgehead atoms. The van der Waals surface area contributed by atoms with Gasteiger partial charge in [-0.2, -0.15) is 0 Å². The molecule has 2 aromatic rings. The lowest BCUT2D eigenvalue weighted by molar-refractivity contribution is -0.121. The Kier molecular flexibility index (Phi) is 3.75. The van der Waals surface area contributed by atoms with Crippen LogP contribution in [0.25, 0.3) is 21.6 Å². The second-order valence-electron chi connectivity index (χ2n) is 5.14. The number of aliphatic hydroxyl groups excluding tert-OH is 3. The predicted molar refractivity (Wildman–Crippen MR) is 75.7 cm³/mol. The number of azide groups is 1. The van der Waals surface area contributed by atoms with Gasteiger partial charge in [-0.25, -0.2) is 15.0 Å². The summed E-state index contributed by atoms with van der Waals surface area (Å²) in [4.78, 5) is 14.5. The minimum atomic E-state index is -1.62. The van der Waals surface area contributed by atoms with Gasteiger partial charge in [-0.3, -0.25) is 4.57 Å². The van der Waals surface area contributed by atoms with Gasteiger partial charge in [0, 0.05) is 4.91 Å². The molecule has 12 nitrogen and oxygen atoms in total. The molecule has 1 fully saturated rings. The second-order valence-corrected chi connectivity index (χ2v) is 5.14. The average Bonchev–Trinajstić information content (AvgIpc) is 3.09. The van der Waals surface area contributed by atoms with Crippen LogP contribution in [0.5, 0.6) is 0 Å². The first kappa shape index (κ1) is 15.4. The van der Waals surface area contributed by atoms with E-state index >= 15 is 0 Å². The molecule has 2 aromatic heterocycles. The molecule has 4 atom stereocenters. The van der Waals surface area contributed by atoms with Crippen LogP contribution in [-0.2, 0) is 4.74 Å². The first-order valence-electron chi connectivity index (χ1n) is 6.63. The molecular formula is C11H14N8O4. The van der Waals surface area contributed by atoms with Crippen LogP contribution < -0.4 is 5.73 Å². The van der Waals surface area contributed by atoms with Gasteiger partial charge in [0.2, 0.25) is 0 Å². The normalized spacial score (nSPS) is 30.5. The number of nitrogen functional groups attached to an aromatic ring is 1. The number of aromatic nitrogens is 4. The van der Waals surface area contributed by atoms with E-state index in [2.05, 4.69) is 25.0 Å². The molecule has 0 radical (unpaired) electrons. The average molecular weight is 322 g/mol. The summed E-state index contributed by atoms with van der Waals surface area (Å²) in [5.41, 5.74) is 13.1. The summed E-state index contributed by atoms with van der Waals surface area (Å²) in [5.74, 6) is 0.157. The third-order valence-corrected chi connectivity index (χ3v) is 3.84. The van der Waals surface area contributed by atoms with E-state index in [1.54, 1.807) is 0 Å². The van der Waals surface area contributed by atoms with Gasteiger partial charge in [-0.15, -0.1) is 0 Å². The summed E-state index contributed by atoms with van der Waals surface area (Å²) in [6.07, 6.45) is -1.40. The molecule has 0 amide bonds. The highest BCUT2D eigenvalue weighted by Crippen LogP contribution is 2.38. The van der Waals surface area contributed by atoms with E-state index in [9.17, 15) is 15.3 Å². The fourth-order valence-corrected chi connectivity index (χ4v) is 2.59. The fourth-order valence-electron chi connectivity index (χ4n) is 2.59. The third-order valence-electron chi connectivity index (χ3n) is 3.84. The zero-order valence-corrected chi connectivity index (χ0v) is 11.8. The van der Waals surface area contributed by atoms with Crippen molar-refractivity contribution in [3.63, 3.8) is 0 Å². The molecule has 0 aromatic carbocycles. The zero-order valence-electron chi connectivity index (χ0n) is 11.8. The molecule has 0 aliphatic carbocycles. The first-order valence-corrected chi connectivity index (χ1v) is 6.63. The predicted octanol–water partition coefficient (Wildman–Crippen LogP) is -1.30. The van der Waals surface area contributed by atoms with Gasteiger partial charge in [-0.05, 0) is 5.53 Å². The summed E-state index contributed by atoms with van der Waals surface area (Å²) in [7, 11) is 0. The van der Waals surface area contributed by atoms with Crippen LogP contribution in [0.15, 0.2) is 17.8 Å². The number of ether oxygens (including phenoxy) is 1. The third kappa shape index (κ3) is 2.25. The Balaban J connectivity index is 2.03. The standard InChI is InChI=1S/C11H14N8O4/c12-8-5-9(15-3-14-8)19(4-16-5)10-6(21)7(22)11(2-20,23-10)1-17-18-13/h3-4,6-7,10,20-22H,1-2H2,(H2,12,14,15)/t6-,7+,10-,11-/m1/s1. The van der Waals surface area contributed by atoms with Gasteiger partial charge in [0.15, 0.2) is 17.7 Å². The van der Waals surface area contributed by atoms with Crippen LogP contribution in [0.1, 0.15) is 6.23 Å². The lowest BCUT2D eigenvalue weighted by Crippen LogP contribution is -2.48. The number of nitrogens with zero attached hydrogens (tertiary/aromatic N) is 7. The van der Waals surface area contributed by atoms with Gasteiger partial charge in [0.25, 0.3) is 0 Å². The smallest absolute Gasteiger partial charge is 0.167 e. The topological polar surface area (TPSA) is 188 Å². The van der Waals surface area contributed by atoms with Crippen molar-refractivity contribution in [3.05, 3.63) is 23.1 Å². The van der Waals surface area contributed by atoms with Crippen molar-refractivity contribution in [2.24, 2.45) is 5.11 Å². The maximum absolute atomic E-state index is 10.3. The Morgan fingerprint density at radius 2 is 2.22 bits per heavy atom. The Bertz CT molecular complexity index is 774. The minimum Gasteiger partial charge on any atom is -0.393 e. The van der Waals surface area contributed by atoms with Crippen LogP contribution in [0.2, 0.25) is 0 Å². The van der Waals surface area contributed by atoms with E-state index < -0.39 is 30.6 Å².